The van der Waals surface area contributed by atoms with E-state index in [0.29, 0.717) is 18.3 Å². The summed E-state index contributed by atoms with van der Waals surface area (Å²) in [6, 6.07) is 8.54. The van der Waals surface area contributed by atoms with E-state index in [1.54, 1.807) is 11.8 Å². The number of likely N-dealkylation sites (tertiary alicyclic amines) is 1. The van der Waals surface area contributed by atoms with Crippen LogP contribution in [0.1, 0.15) is 57.8 Å². The molecular weight excluding hydrogens is 394 g/mol. The zero-order valence-corrected chi connectivity index (χ0v) is 18.6. The summed E-state index contributed by atoms with van der Waals surface area (Å²) in [5, 5.41) is 4.32. The van der Waals surface area contributed by atoms with Crippen LogP contribution in [0.15, 0.2) is 35.4 Å². The zero-order valence-electron chi connectivity index (χ0n) is 17.8. The summed E-state index contributed by atoms with van der Waals surface area (Å²) in [7, 11) is 0. The van der Waals surface area contributed by atoms with Crippen LogP contribution in [0.4, 0.5) is 0 Å². The molecule has 0 spiro atoms. The van der Waals surface area contributed by atoms with Crippen LogP contribution in [-0.2, 0) is 16.1 Å². The lowest BCUT2D eigenvalue weighted by Gasteiger charge is -2.22. The monoisotopic (exact) mass is 427 g/mol. The Morgan fingerprint density at radius 2 is 1.67 bits per heavy atom. The highest BCUT2D eigenvalue weighted by Crippen LogP contribution is 2.30. The molecular formula is C24H33N3O2S. The molecule has 1 N–H and O–H groups in total. The van der Waals surface area contributed by atoms with Crippen LogP contribution >= 0.6 is 11.8 Å². The number of carbonyl (C=O) groups excluding carboxylic acids is 2. The molecule has 2 aromatic rings. The molecule has 0 bridgehead atoms. The summed E-state index contributed by atoms with van der Waals surface area (Å²) in [5.74, 6) is 0.735. The fraction of sp³-hybridized carbons (Fsp3) is 0.583. The second kappa shape index (κ2) is 10.4. The molecule has 0 unspecified atom stereocenters. The van der Waals surface area contributed by atoms with Crippen molar-refractivity contribution in [2.45, 2.75) is 75.3 Å². The van der Waals surface area contributed by atoms with Gasteiger partial charge in [-0.05, 0) is 31.7 Å². The third-order valence-corrected chi connectivity index (χ3v) is 7.39. The Balaban J connectivity index is 1.41. The minimum absolute atomic E-state index is 0.115. The van der Waals surface area contributed by atoms with Crippen molar-refractivity contribution in [3.05, 3.63) is 30.5 Å². The molecule has 0 atom stereocenters. The Morgan fingerprint density at radius 3 is 2.43 bits per heavy atom. The van der Waals surface area contributed by atoms with Crippen molar-refractivity contribution in [1.29, 1.82) is 0 Å². The van der Waals surface area contributed by atoms with Gasteiger partial charge in [-0.15, -0.1) is 11.8 Å². The second-order valence-corrected chi connectivity index (χ2v) is 9.64. The van der Waals surface area contributed by atoms with Gasteiger partial charge in [-0.1, -0.05) is 50.3 Å². The first-order valence-electron chi connectivity index (χ1n) is 11.5. The molecule has 5 nitrogen and oxygen atoms in total. The van der Waals surface area contributed by atoms with E-state index >= 15 is 0 Å². The van der Waals surface area contributed by atoms with Crippen LogP contribution in [0.5, 0.6) is 0 Å². The van der Waals surface area contributed by atoms with Crippen molar-refractivity contribution < 1.29 is 9.59 Å². The predicted molar refractivity (Wildman–Crippen MR) is 123 cm³/mol. The minimum Gasteiger partial charge on any atom is -0.353 e. The summed E-state index contributed by atoms with van der Waals surface area (Å²) >= 11 is 1.58. The van der Waals surface area contributed by atoms with E-state index in [9.17, 15) is 9.59 Å². The van der Waals surface area contributed by atoms with E-state index in [4.69, 9.17) is 0 Å². The molecule has 1 aromatic heterocycles. The fourth-order valence-corrected chi connectivity index (χ4v) is 5.58. The molecule has 2 amide bonds. The van der Waals surface area contributed by atoms with Gasteiger partial charge >= 0.3 is 0 Å². The number of amides is 2. The number of rotatable bonds is 6. The normalized spacial score (nSPS) is 18.3. The van der Waals surface area contributed by atoms with Crippen LogP contribution in [0, 0.1) is 0 Å². The van der Waals surface area contributed by atoms with Crippen molar-refractivity contribution in [2.75, 3.05) is 18.8 Å². The van der Waals surface area contributed by atoms with Gasteiger partial charge in [0, 0.05) is 41.1 Å². The number of nitrogens with one attached hydrogen (secondary N) is 1. The standard InChI is InChI=1S/C24H33N3O2S/c28-23(25-19-10-4-3-5-11-19)18-30-22-16-27(21-13-7-6-12-20(21)22)17-24(29)26-14-8-1-2-9-15-26/h6-7,12-13,16,19H,1-5,8-11,14-15,17-18H2,(H,25,28). The molecule has 1 aliphatic heterocycles. The molecule has 30 heavy (non-hydrogen) atoms. The number of carbonyl (C=O) groups is 2. The number of aromatic nitrogens is 1. The molecule has 1 saturated carbocycles. The fourth-order valence-electron chi connectivity index (χ4n) is 4.68. The van der Waals surface area contributed by atoms with E-state index < -0.39 is 0 Å². The van der Waals surface area contributed by atoms with E-state index in [0.717, 1.165) is 54.6 Å². The van der Waals surface area contributed by atoms with Gasteiger partial charge < -0.3 is 14.8 Å². The molecule has 6 heteroatoms. The SMILES string of the molecule is O=C(CSc1cn(CC(=O)N2CCCCCC2)c2ccccc12)NC1CCCCC1. The summed E-state index contributed by atoms with van der Waals surface area (Å²) in [6.45, 7) is 2.12. The minimum atomic E-state index is 0.115. The number of fused-ring (bicyclic) bond motifs is 1. The number of benzene rings is 1. The molecule has 1 aromatic carbocycles. The van der Waals surface area contributed by atoms with Gasteiger partial charge in [-0.2, -0.15) is 0 Å². The van der Waals surface area contributed by atoms with Crippen LogP contribution in [0.25, 0.3) is 10.9 Å². The average molecular weight is 428 g/mol. The Labute approximate surface area is 183 Å². The number of thioether (sulfide) groups is 1. The second-order valence-electron chi connectivity index (χ2n) is 8.62. The first-order chi connectivity index (χ1) is 14.7. The van der Waals surface area contributed by atoms with Crippen molar-refractivity contribution in [2.24, 2.45) is 0 Å². The van der Waals surface area contributed by atoms with Gasteiger partial charge in [-0.3, -0.25) is 9.59 Å². The number of hydrogen-bond acceptors (Lipinski definition) is 3. The van der Waals surface area contributed by atoms with Crippen molar-refractivity contribution in [3.8, 4) is 0 Å². The molecule has 2 fully saturated rings. The van der Waals surface area contributed by atoms with Crippen LogP contribution in [-0.4, -0.2) is 46.2 Å². The third kappa shape index (κ3) is 5.39. The highest BCUT2D eigenvalue weighted by molar-refractivity contribution is 8.00. The van der Waals surface area contributed by atoms with E-state index in [-0.39, 0.29) is 11.8 Å². The largest absolute Gasteiger partial charge is 0.353 e. The highest BCUT2D eigenvalue weighted by atomic mass is 32.2. The van der Waals surface area contributed by atoms with Crippen LogP contribution in [0.3, 0.4) is 0 Å². The molecule has 162 valence electrons. The molecule has 2 heterocycles. The molecule has 1 saturated heterocycles. The van der Waals surface area contributed by atoms with Gasteiger partial charge in [-0.25, -0.2) is 0 Å². The maximum Gasteiger partial charge on any atom is 0.242 e. The average Bonchev–Trinajstić information content (AvgIpc) is 2.93. The van der Waals surface area contributed by atoms with E-state index in [2.05, 4.69) is 28.2 Å². The van der Waals surface area contributed by atoms with E-state index in [1.807, 2.05) is 17.0 Å². The van der Waals surface area contributed by atoms with Gasteiger partial charge in [0.2, 0.25) is 11.8 Å². The zero-order chi connectivity index (χ0) is 20.8. The van der Waals surface area contributed by atoms with Crippen LogP contribution < -0.4 is 5.32 Å². The third-order valence-electron chi connectivity index (χ3n) is 6.35. The summed E-state index contributed by atoms with van der Waals surface area (Å²) in [5.41, 5.74) is 1.07. The Hall–Kier alpha value is -1.95. The lowest BCUT2D eigenvalue weighted by molar-refractivity contribution is -0.131. The highest BCUT2D eigenvalue weighted by Gasteiger charge is 2.19. The van der Waals surface area contributed by atoms with Crippen molar-refractivity contribution >= 4 is 34.5 Å². The summed E-state index contributed by atoms with van der Waals surface area (Å²) in [4.78, 5) is 28.4. The first kappa shape index (κ1) is 21.3. The maximum absolute atomic E-state index is 12.9. The number of para-hydroxylation sites is 1. The number of nitrogens with zero attached hydrogens (tertiary/aromatic N) is 2. The van der Waals surface area contributed by atoms with Gasteiger partial charge in [0.15, 0.2) is 0 Å². The maximum atomic E-state index is 12.9. The molecule has 1 aliphatic carbocycles. The predicted octanol–water partition coefficient (Wildman–Crippen LogP) is 4.58. The summed E-state index contributed by atoms with van der Waals surface area (Å²) in [6.07, 6.45) is 12.6. The first-order valence-corrected chi connectivity index (χ1v) is 12.5. The quantitative estimate of drug-likeness (QED) is 0.686. The summed E-state index contributed by atoms with van der Waals surface area (Å²) < 4.78 is 2.06. The van der Waals surface area contributed by atoms with Crippen LogP contribution in [0.2, 0.25) is 0 Å². The lowest BCUT2D eigenvalue weighted by Crippen LogP contribution is -2.37. The van der Waals surface area contributed by atoms with E-state index in [1.165, 1.54) is 32.1 Å². The molecule has 4 rings (SSSR count). The Morgan fingerprint density at radius 1 is 0.967 bits per heavy atom. The Kier molecular flexibility index (Phi) is 7.37. The Bertz CT molecular complexity index is 864. The molecule has 2 aliphatic rings. The molecule has 0 radical (unpaired) electrons. The van der Waals surface area contributed by atoms with Crippen molar-refractivity contribution in [1.82, 2.24) is 14.8 Å². The van der Waals surface area contributed by atoms with Crippen molar-refractivity contribution in [3.63, 3.8) is 0 Å². The lowest BCUT2D eigenvalue weighted by atomic mass is 9.95. The smallest absolute Gasteiger partial charge is 0.242 e. The van der Waals surface area contributed by atoms with Gasteiger partial charge in [0.05, 0.1) is 5.75 Å². The number of hydrogen-bond donors (Lipinski definition) is 1. The van der Waals surface area contributed by atoms with Gasteiger partial charge in [0.25, 0.3) is 0 Å². The van der Waals surface area contributed by atoms with Gasteiger partial charge in [0.1, 0.15) is 6.54 Å². The topological polar surface area (TPSA) is 54.3 Å².